The van der Waals surface area contributed by atoms with Crippen LogP contribution in [0, 0.1) is 0 Å². The number of allylic oxidation sites excluding steroid dienone is 3. The minimum Gasteiger partial charge on any atom is -0.478 e. The highest BCUT2D eigenvalue weighted by Crippen LogP contribution is 2.14. The zero-order chi connectivity index (χ0) is 16.5. The van der Waals surface area contributed by atoms with Crippen LogP contribution in [0.15, 0.2) is 24.3 Å². The maximum Gasteiger partial charge on any atom is 0.328 e. The van der Waals surface area contributed by atoms with Crippen molar-refractivity contribution in [2.75, 3.05) is 0 Å². The SMILES string of the molecule is CCCCCCCCC[C@H](CCCC=CC=CC(=O)O)OO. The van der Waals surface area contributed by atoms with Gasteiger partial charge >= 0.3 is 5.97 Å². The van der Waals surface area contributed by atoms with E-state index in [1.807, 2.05) is 6.08 Å². The van der Waals surface area contributed by atoms with Gasteiger partial charge in [-0.1, -0.05) is 70.1 Å². The summed E-state index contributed by atoms with van der Waals surface area (Å²) in [6.45, 7) is 2.22. The van der Waals surface area contributed by atoms with Crippen LogP contribution in [0.2, 0.25) is 0 Å². The summed E-state index contributed by atoms with van der Waals surface area (Å²) in [5, 5.41) is 17.3. The van der Waals surface area contributed by atoms with Crippen LogP contribution in [0.4, 0.5) is 0 Å². The molecule has 4 heteroatoms. The predicted molar refractivity (Wildman–Crippen MR) is 89.9 cm³/mol. The van der Waals surface area contributed by atoms with Gasteiger partial charge in [0.05, 0.1) is 6.10 Å². The van der Waals surface area contributed by atoms with Gasteiger partial charge in [-0.3, -0.25) is 5.26 Å². The van der Waals surface area contributed by atoms with Crippen molar-refractivity contribution in [2.45, 2.75) is 83.7 Å². The van der Waals surface area contributed by atoms with Crippen LogP contribution in [0.25, 0.3) is 0 Å². The van der Waals surface area contributed by atoms with Gasteiger partial charge < -0.3 is 5.11 Å². The lowest BCUT2D eigenvalue weighted by Crippen LogP contribution is -2.10. The van der Waals surface area contributed by atoms with Crippen LogP contribution in [-0.4, -0.2) is 22.4 Å². The number of carbonyl (C=O) groups is 1. The fourth-order valence-corrected chi connectivity index (χ4v) is 2.35. The third-order valence-electron chi connectivity index (χ3n) is 3.66. The number of unbranched alkanes of at least 4 members (excludes halogenated alkanes) is 7. The number of hydrogen-bond acceptors (Lipinski definition) is 3. The molecule has 22 heavy (non-hydrogen) atoms. The molecule has 0 amide bonds. The second kappa shape index (κ2) is 16.2. The van der Waals surface area contributed by atoms with Gasteiger partial charge in [0, 0.05) is 6.08 Å². The summed E-state index contributed by atoms with van der Waals surface area (Å²) in [6, 6.07) is 0. The average molecular weight is 312 g/mol. The van der Waals surface area contributed by atoms with Gasteiger partial charge in [-0.2, -0.15) is 0 Å². The second-order valence-electron chi connectivity index (χ2n) is 5.69. The molecule has 128 valence electrons. The lowest BCUT2D eigenvalue weighted by atomic mass is 10.0. The molecule has 2 N–H and O–H groups in total. The Kier molecular flexibility index (Phi) is 15.4. The van der Waals surface area contributed by atoms with Gasteiger partial charge in [0.1, 0.15) is 0 Å². The largest absolute Gasteiger partial charge is 0.478 e. The minimum absolute atomic E-state index is 0.0707. The molecule has 0 unspecified atom stereocenters. The summed E-state index contributed by atoms with van der Waals surface area (Å²) < 4.78 is 0. The first-order valence-corrected chi connectivity index (χ1v) is 8.57. The molecule has 0 aromatic rings. The molecule has 0 saturated heterocycles. The fourth-order valence-electron chi connectivity index (χ4n) is 2.35. The molecule has 0 heterocycles. The standard InChI is InChI=1S/C18H32O4/c1-2-3-4-5-6-8-11-14-17(22-21)15-12-9-7-10-13-16-18(19)20/h7,10,13,16-17,21H,2-6,8-9,11-12,14-15H2,1H3,(H,19,20)/t17-/m1/s1. The predicted octanol–water partition coefficient (Wildman–Crippen LogP) is 5.35. The summed E-state index contributed by atoms with van der Waals surface area (Å²) in [7, 11) is 0. The molecule has 0 aromatic carbocycles. The van der Waals surface area contributed by atoms with Crippen LogP contribution in [-0.2, 0) is 9.68 Å². The lowest BCUT2D eigenvalue weighted by molar-refractivity contribution is -0.281. The molecule has 1 atom stereocenters. The Morgan fingerprint density at radius 2 is 1.64 bits per heavy atom. The summed E-state index contributed by atoms with van der Waals surface area (Å²) in [5.41, 5.74) is 0. The Labute approximate surface area is 134 Å². The van der Waals surface area contributed by atoms with E-state index in [4.69, 9.17) is 10.4 Å². The molecule has 4 nitrogen and oxygen atoms in total. The first-order valence-electron chi connectivity index (χ1n) is 8.57. The highest BCUT2D eigenvalue weighted by Gasteiger charge is 2.07. The Morgan fingerprint density at radius 1 is 1.00 bits per heavy atom. The number of rotatable bonds is 15. The van der Waals surface area contributed by atoms with Crippen molar-refractivity contribution in [2.24, 2.45) is 0 Å². The van der Waals surface area contributed by atoms with Gasteiger partial charge in [-0.15, -0.1) is 0 Å². The van der Waals surface area contributed by atoms with Crippen molar-refractivity contribution in [1.82, 2.24) is 0 Å². The normalized spacial score (nSPS) is 13.2. The summed E-state index contributed by atoms with van der Waals surface area (Å²) in [4.78, 5) is 14.8. The Hall–Kier alpha value is -1.13. The third-order valence-corrected chi connectivity index (χ3v) is 3.66. The lowest BCUT2D eigenvalue weighted by Gasteiger charge is -2.12. The van der Waals surface area contributed by atoms with Crippen molar-refractivity contribution in [1.29, 1.82) is 0 Å². The molecule has 0 aliphatic heterocycles. The monoisotopic (exact) mass is 312 g/mol. The summed E-state index contributed by atoms with van der Waals surface area (Å²) in [6.07, 6.45) is 18.6. The third kappa shape index (κ3) is 15.3. The molecule has 0 aliphatic carbocycles. The zero-order valence-corrected chi connectivity index (χ0v) is 13.9. The summed E-state index contributed by atoms with van der Waals surface area (Å²) >= 11 is 0. The van der Waals surface area contributed by atoms with Crippen molar-refractivity contribution >= 4 is 5.97 Å². The van der Waals surface area contributed by atoms with Gasteiger partial charge in [0.15, 0.2) is 0 Å². The van der Waals surface area contributed by atoms with E-state index >= 15 is 0 Å². The minimum atomic E-state index is -0.937. The number of carboxylic acid groups (broad SMARTS) is 1. The van der Waals surface area contributed by atoms with E-state index in [0.29, 0.717) is 0 Å². The van der Waals surface area contributed by atoms with E-state index in [0.717, 1.165) is 38.2 Å². The van der Waals surface area contributed by atoms with Crippen LogP contribution >= 0.6 is 0 Å². The molecule has 0 bridgehead atoms. The van der Waals surface area contributed by atoms with Crippen molar-refractivity contribution in [3.05, 3.63) is 24.3 Å². The maximum absolute atomic E-state index is 10.3. The van der Waals surface area contributed by atoms with Gasteiger partial charge in [-0.05, 0) is 25.7 Å². The van der Waals surface area contributed by atoms with E-state index in [2.05, 4.69) is 11.8 Å². The van der Waals surface area contributed by atoms with Gasteiger partial charge in [0.2, 0.25) is 0 Å². The van der Waals surface area contributed by atoms with Crippen LogP contribution in [0.5, 0.6) is 0 Å². The van der Waals surface area contributed by atoms with Gasteiger partial charge in [-0.25, -0.2) is 9.68 Å². The summed E-state index contributed by atoms with van der Waals surface area (Å²) in [5.74, 6) is -0.937. The van der Waals surface area contributed by atoms with Gasteiger partial charge in [0.25, 0.3) is 0 Å². The zero-order valence-electron chi connectivity index (χ0n) is 13.9. The molecule has 0 rings (SSSR count). The molecular formula is C18H32O4. The van der Waals surface area contributed by atoms with E-state index in [9.17, 15) is 4.79 Å². The Morgan fingerprint density at radius 3 is 2.27 bits per heavy atom. The first-order chi connectivity index (χ1) is 10.7. The average Bonchev–Trinajstić information content (AvgIpc) is 2.50. The smallest absolute Gasteiger partial charge is 0.328 e. The highest BCUT2D eigenvalue weighted by atomic mass is 17.1. The second-order valence-corrected chi connectivity index (χ2v) is 5.69. The van der Waals surface area contributed by atoms with Crippen molar-refractivity contribution in [3.8, 4) is 0 Å². The van der Waals surface area contributed by atoms with E-state index in [1.54, 1.807) is 6.08 Å². The first kappa shape index (κ1) is 20.9. The quantitative estimate of drug-likeness (QED) is 0.141. The molecule has 0 fully saturated rings. The van der Waals surface area contributed by atoms with Crippen molar-refractivity contribution in [3.63, 3.8) is 0 Å². The van der Waals surface area contributed by atoms with E-state index in [-0.39, 0.29) is 6.10 Å². The van der Waals surface area contributed by atoms with Crippen LogP contribution < -0.4 is 0 Å². The van der Waals surface area contributed by atoms with Crippen LogP contribution in [0.3, 0.4) is 0 Å². The number of aliphatic carboxylic acids is 1. The molecule has 0 radical (unpaired) electrons. The van der Waals surface area contributed by atoms with Crippen molar-refractivity contribution < 1.29 is 20.0 Å². The fraction of sp³-hybridized carbons (Fsp3) is 0.722. The number of carboxylic acids is 1. The maximum atomic E-state index is 10.3. The van der Waals surface area contributed by atoms with Crippen LogP contribution in [0.1, 0.15) is 77.6 Å². The Bertz CT molecular complexity index is 310. The molecule has 0 aliphatic rings. The van der Waals surface area contributed by atoms with E-state index < -0.39 is 5.97 Å². The Balaban J connectivity index is 3.52. The molecule has 0 spiro atoms. The molecular weight excluding hydrogens is 280 g/mol. The van der Waals surface area contributed by atoms with E-state index in [1.165, 1.54) is 44.6 Å². The molecule has 0 saturated carbocycles. The topological polar surface area (TPSA) is 66.8 Å². The molecule has 0 aromatic heterocycles. The highest BCUT2D eigenvalue weighted by molar-refractivity contribution is 5.80. The number of hydrogen-bond donors (Lipinski definition) is 2.